The Labute approximate surface area is 159 Å². The first-order valence-corrected chi connectivity index (χ1v) is 9.03. The third-order valence-electron chi connectivity index (χ3n) is 4.76. The zero-order chi connectivity index (χ0) is 19.4. The molecule has 1 aliphatic heterocycles. The highest BCUT2D eigenvalue weighted by Gasteiger charge is 2.27. The van der Waals surface area contributed by atoms with Gasteiger partial charge in [-0.05, 0) is 23.6 Å². The van der Waals surface area contributed by atoms with Crippen molar-refractivity contribution in [3.8, 4) is 5.75 Å². The van der Waals surface area contributed by atoms with Crippen LogP contribution >= 0.6 is 0 Å². The topological polar surface area (TPSA) is 75.6 Å². The minimum atomic E-state index is -0.158. The van der Waals surface area contributed by atoms with Crippen LogP contribution in [0.15, 0.2) is 36.8 Å². The number of rotatable bonds is 4. The lowest BCUT2D eigenvalue weighted by molar-refractivity contribution is 0.0530. The number of carbonyl (C=O) groups excluding carboxylic acids is 2. The van der Waals surface area contributed by atoms with Gasteiger partial charge in [-0.25, -0.2) is 4.98 Å². The van der Waals surface area contributed by atoms with Gasteiger partial charge in [0.2, 0.25) is 0 Å². The van der Waals surface area contributed by atoms with E-state index in [1.54, 1.807) is 16.9 Å². The molecule has 1 aromatic carbocycles. The smallest absolute Gasteiger partial charge is 0.274 e. The lowest BCUT2D eigenvalue weighted by Gasteiger charge is -2.34. The molecule has 1 aliphatic rings. The zero-order valence-corrected chi connectivity index (χ0v) is 15.9. The van der Waals surface area contributed by atoms with E-state index in [-0.39, 0.29) is 11.8 Å². The molecule has 1 fully saturated rings. The fraction of sp³-hybridized carbons (Fsp3) is 0.400. The van der Waals surface area contributed by atoms with Crippen LogP contribution in [0.3, 0.4) is 0 Å². The second-order valence-corrected chi connectivity index (χ2v) is 6.79. The Kier molecular flexibility index (Phi) is 5.69. The summed E-state index contributed by atoms with van der Waals surface area (Å²) in [4.78, 5) is 36.8. The number of ether oxygens (including phenoxy) is 1. The number of benzene rings is 1. The van der Waals surface area contributed by atoms with E-state index in [2.05, 4.69) is 23.8 Å². The average Bonchev–Trinajstić information content (AvgIpc) is 2.73. The molecule has 0 spiro atoms. The van der Waals surface area contributed by atoms with Gasteiger partial charge in [0.25, 0.3) is 11.8 Å². The Hall–Kier alpha value is -2.96. The van der Waals surface area contributed by atoms with Gasteiger partial charge in [0, 0.05) is 38.6 Å². The van der Waals surface area contributed by atoms with Crippen molar-refractivity contribution in [2.45, 2.75) is 19.8 Å². The summed E-state index contributed by atoms with van der Waals surface area (Å²) in [5.74, 6) is 0.714. The summed E-state index contributed by atoms with van der Waals surface area (Å²) in [5, 5.41) is 0. The van der Waals surface area contributed by atoms with Crippen LogP contribution in [0.1, 0.15) is 46.2 Å². The maximum atomic E-state index is 12.9. The van der Waals surface area contributed by atoms with E-state index in [9.17, 15) is 9.59 Å². The van der Waals surface area contributed by atoms with Crippen LogP contribution in [0.5, 0.6) is 5.75 Å². The number of methoxy groups -OCH3 is 1. The number of piperazine rings is 1. The first-order chi connectivity index (χ1) is 13.0. The third-order valence-corrected chi connectivity index (χ3v) is 4.76. The maximum Gasteiger partial charge on any atom is 0.274 e. The first-order valence-electron chi connectivity index (χ1n) is 9.03. The molecule has 2 heterocycles. The molecule has 0 aliphatic carbocycles. The van der Waals surface area contributed by atoms with Crippen molar-refractivity contribution in [3.63, 3.8) is 0 Å². The maximum absolute atomic E-state index is 12.9. The van der Waals surface area contributed by atoms with Crippen molar-refractivity contribution < 1.29 is 14.3 Å². The van der Waals surface area contributed by atoms with Gasteiger partial charge < -0.3 is 14.5 Å². The minimum Gasteiger partial charge on any atom is -0.496 e. The van der Waals surface area contributed by atoms with Crippen LogP contribution in [0, 0.1) is 0 Å². The van der Waals surface area contributed by atoms with Crippen LogP contribution in [-0.2, 0) is 0 Å². The third kappa shape index (κ3) is 4.07. The Balaban J connectivity index is 1.67. The predicted octanol–water partition coefficient (Wildman–Crippen LogP) is 2.21. The summed E-state index contributed by atoms with van der Waals surface area (Å²) in [6.07, 6.45) is 4.49. The van der Waals surface area contributed by atoms with Crippen LogP contribution in [0.25, 0.3) is 0 Å². The highest BCUT2D eigenvalue weighted by Crippen LogP contribution is 2.26. The Bertz CT molecular complexity index is 815. The highest BCUT2D eigenvalue weighted by molar-refractivity contribution is 5.97. The summed E-state index contributed by atoms with van der Waals surface area (Å²) in [7, 11) is 1.58. The molecule has 0 radical (unpaired) electrons. The number of hydrogen-bond donors (Lipinski definition) is 0. The van der Waals surface area contributed by atoms with E-state index >= 15 is 0 Å². The van der Waals surface area contributed by atoms with Gasteiger partial charge in [0.05, 0.1) is 18.9 Å². The van der Waals surface area contributed by atoms with Crippen molar-refractivity contribution in [2.24, 2.45) is 0 Å². The van der Waals surface area contributed by atoms with E-state index in [1.807, 2.05) is 18.2 Å². The molecule has 7 nitrogen and oxygen atoms in total. The molecule has 3 rings (SSSR count). The second-order valence-electron chi connectivity index (χ2n) is 6.79. The molecule has 1 aromatic heterocycles. The summed E-state index contributed by atoms with van der Waals surface area (Å²) in [6.45, 7) is 6.08. The number of amides is 2. The van der Waals surface area contributed by atoms with Crippen LogP contribution in [0.2, 0.25) is 0 Å². The van der Waals surface area contributed by atoms with Crippen LogP contribution in [0.4, 0.5) is 0 Å². The van der Waals surface area contributed by atoms with Gasteiger partial charge in [-0.15, -0.1) is 0 Å². The van der Waals surface area contributed by atoms with Crippen LogP contribution in [-0.4, -0.2) is 64.9 Å². The molecule has 1 saturated heterocycles. The quantitative estimate of drug-likeness (QED) is 0.827. The Morgan fingerprint density at radius 2 is 1.70 bits per heavy atom. The summed E-state index contributed by atoms with van der Waals surface area (Å²) < 4.78 is 5.44. The van der Waals surface area contributed by atoms with Gasteiger partial charge in [0.15, 0.2) is 0 Å². The Morgan fingerprint density at radius 1 is 1.04 bits per heavy atom. The number of hydrogen-bond acceptors (Lipinski definition) is 5. The summed E-state index contributed by atoms with van der Waals surface area (Å²) in [6, 6.07) is 5.72. The minimum absolute atomic E-state index is 0.0752. The van der Waals surface area contributed by atoms with Crippen molar-refractivity contribution in [1.82, 2.24) is 19.8 Å². The SMILES string of the molecule is COc1cc(C(C)C)ccc1C(=O)N1CCN(C(=O)c2cnccn2)CC1. The number of nitrogens with zero attached hydrogens (tertiary/aromatic N) is 4. The molecular weight excluding hydrogens is 344 g/mol. The van der Waals surface area contributed by atoms with Crippen molar-refractivity contribution in [2.75, 3.05) is 33.3 Å². The van der Waals surface area contributed by atoms with E-state index < -0.39 is 0 Å². The molecule has 0 saturated carbocycles. The molecule has 142 valence electrons. The monoisotopic (exact) mass is 368 g/mol. The molecule has 0 bridgehead atoms. The average molecular weight is 368 g/mol. The standard InChI is InChI=1S/C20H24N4O3/c1-14(2)15-4-5-16(18(12-15)27-3)19(25)23-8-10-24(11-9-23)20(26)17-13-21-6-7-22-17/h4-7,12-14H,8-11H2,1-3H3. The molecule has 0 unspecified atom stereocenters. The van der Waals surface area contributed by atoms with Crippen molar-refractivity contribution in [1.29, 1.82) is 0 Å². The summed E-state index contributed by atoms with van der Waals surface area (Å²) in [5.41, 5.74) is 2.00. The van der Waals surface area contributed by atoms with E-state index in [4.69, 9.17) is 4.74 Å². The van der Waals surface area contributed by atoms with E-state index in [1.165, 1.54) is 18.6 Å². The number of carbonyl (C=O) groups is 2. The highest BCUT2D eigenvalue weighted by atomic mass is 16.5. The molecule has 0 atom stereocenters. The molecule has 2 amide bonds. The largest absolute Gasteiger partial charge is 0.496 e. The van der Waals surface area contributed by atoms with Crippen molar-refractivity contribution >= 4 is 11.8 Å². The van der Waals surface area contributed by atoms with Gasteiger partial charge in [0.1, 0.15) is 11.4 Å². The molecule has 27 heavy (non-hydrogen) atoms. The lowest BCUT2D eigenvalue weighted by Crippen LogP contribution is -2.50. The fourth-order valence-electron chi connectivity index (χ4n) is 3.10. The molecule has 2 aromatic rings. The lowest BCUT2D eigenvalue weighted by atomic mass is 10.0. The molecule has 7 heteroatoms. The fourth-order valence-corrected chi connectivity index (χ4v) is 3.10. The van der Waals surface area contributed by atoms with Crippen molar-refractivity contribution in [3.05, 3.63) is 53.6 Å². The van der Waals surface area contributed by atoms with Crippen LogP contribution < -0.4 is 4.74 Å². The van der Waals surface area contributed by atoms with Gasteiger partial charge in [-0.2, -0.15) is 0 Å². The van der Waals surface area contributed by atoms with Gasteiger partial charge in [-0.1, -0.05) is 19.9 Å². The van der Waals surface area contributed by atoms with E-state index in [0.29, 0.717) is 49.1 Å². The van der Waals surface area contributed by atoms with Gasteiger partial charge in [-0.3, -0.25) is 14.6 Å². The summed E-state index contributed by atoms with van der Waals surface area (Å²) >= 11 is 0. The Morgan fingerprint density at radius 3 is 2.26 bits per heavy atom. The normalized spacial score (nSPS) is 14.4. The van der Waals surface area contributed by atoms with E-state index in [0.717, 1.165) is 5.56 Å². The molecule has 0 N–H and O–H groups in total. The number of aromatic nitrogens is 2. The van der Waals surface area contributed by atoms with Gasteiger partial charge >= 0.3 is 0 Å². The second kappa shape index (κ2) is 8.16. The first kappa shape index (κ1) is 18.8. The predicted molar refractivity (Wildman–Crippen MR) is 101 cm³/mol. The zero-order valence-electron chi connectivity index (χ0n) is 15.9. The molecular formula is C20H24N4O3.